The van der Waals surface area contributed by atoms with Gasteiger partial charge in [-0.25, -0.2) is 0 Å². The third-order valence-corrected chi connectivity index (χ3v) is 4.54. The van der Waals surface area contributed by atoms with Crippen LogP contribution in [0, 0.1) is 6.92 Å². The Kier molecular flexibility index (Phi) is 3.18. The van der Waals surface area contributed by atoms with Crippen LogP contribution in [0.2, 0.25) is 0 Å². The zero-order chi connectivity index (χ0) is 12.5. The van der Waals surface area contributed by atoms with E-state index in [1.54, 1.807) is 0 Å². The van der Waals surface area contributed by atoms with E-state index in [0.29, 0.717) is 11.9 Å². The van der Waals surface area contributed by atoms with E-state index in [4.69, 9.17) is 4.52 Å². The minimum atomic E-state index is 0.195. The van der Waals surface area contributed by atoms with Crippen LogP contribution in [-0.2, 0) is 0 Å². The summed E-state index contributed by atoms with van der Waals surface area (Å²) in [6.45, 7) is 5.12. The zero-order valence-corrected chi connectivity index (χ0v) is 11.5. The van der Waals surface area contributed by atoms with Crippen LogP contribution >= 0.6 is 11.3 Å². The van der Waals surface area contributed by atoms with Crippen LogP contribution in [0.15, 0.2) is 22.0 Å². The highest BCUT2D eigenvalue weighted by molar-refractivity contribution is 7.10. The van der Waals surface area contributed by atoms with Gasteiger partial charge >= 0.3 is 0 Å². The third kappa shape index (κ3) is 2.08. The number of thiophene rings is 1. The van der Waals surface area contributed by atoms with E-state index in [1.165, 1.54) is 17.7 Å². The molecule has 96 valence electrons. The van der Waals surface area contributed by atoms with Crippen LogP contribution in [0.25, 0.3) is 0 Å². The van der Waals surface area contributed by atoms with Gasteiger partial charge in [0, 0.05) is 10.9 Å². The van der Waals surface area contributed by atoms with Gasteiger partial charge in [-0.05, 0) is 44.7 Å². The van der Waals surface area contributed by atoms with E-state index < -0.39 is 0 Å². The first-order valence-electron chi connectivity index (χ1n) is 6.35. The van der Waals surface area contributed by atoms with Gasteiger partial charge in [-0.3, -0.25) is 4.90 Å². The van der Waals surface area contributed by atoms with Gasteiger partial charge in [-0.15, -0.1) is 11.3 Å². The summed E-state index contributed by atoms with van der Waals surface area (Å²) in [5.41, 5.74) is 0. The van der Waals surface area contributed by atoms with E-state index in [-0.39, 0.29) is 6.04 Å². The van der Waals surface area contributed by atoms with Crippen molar-refractivity contribution < 1.29 is 4.52 Å². The summed E-state index contributed by atoms with van der Waals surface area (Å²) in [5, 5.41) is 6.03. The first-order valence-corrected chi connectivity index (χ1v) is 7.23. The van der Waals surface area contributed by atoms with Crippen LogP contribution in [0.5, 0.6) is 0 Å². The number of aryl methyl sites for hydroxylation is 1. The van der Waals surface area contributed by atoms with E-state index in [1.807, 2.05) is 18.3 Å². The molecule has 0 amide bonds. The van der Waals surface area contributed by atoms with E-state index >= 15 is 0 Å². The lowest BCUT2D eigenvalue weighted by molar-refractivity contribution is 0.161. The lowest BCUT2D eigenvalue weighted by Crippen LogP contribution is -2.26. The number of aromatic nitrogens is 2. The fraction of sp³-hybridized carbons (Fsp3) is 0.538. The Bertz CT molecular complexity index is 508. The van der Waals surface area contributed by atoms with Gasteiger partial charge in [0.05, 0.1) is 6.04 Å². The minimum Gasteiger partial charge on any atom is -0.338 e. The highest BCUT2D eigenvalue weighted by atomic mass is 32.1. The third-order valence-electron chi connectivity index (χ3n) is 3.56. The molecule has 0 aliphatic carbocycles. The van der Waals surface area contributed by atoms with Gasteiger partial charge in [0.15, 0.2) is 5.82 Å². The lowest BCUT2D eigenvalue weighted by Gasteiger charge is -2.27. The standard InChI is InChI=1S/C13H17N3OS/c1-9(13-14-10(2)15-17-13)16-7-3-5-11(16)12-6-4-8-18-12/h4,6,8-9,11H,3,5,7H2,1-2H3/t9-,11+/m1/s1. The summed E-state index contributed by atoms with van der Waals surface area (Å²) >= 11 is 1.83. The molecule has 18 heavy (non-hydrogen) atoms. The first-order chi connectivity index (χ1) is 8.75. The molecule has 2 atom stereocenters. The first kappa shape index (κ1) is 11.9. The Labute approximate surface area is 111 Å². The van der Waals surface area contributed by atoms with E-state index in [2.05, 4.69) is 39.5 Å². The summed E-state index contributed by atoms with van der Waals surface area (Å²) in [7, 11) is 0. The smallest absolute Gasteiger partial charge is 0.243 e. The lowest BCUT2D eigenvalue weighted by atomic mass is 10.1. The summed E-state index contributed by atoms with van der Waals surface area (Å²) in [6.07, 6.45) is 2.46. The Balaban J connectivity index is 1.82. The van der Waals surface area contributed by atoms with Gasteiger partial charge < -0.3 is 4.52 Å². The van der Waals surface area contributed by atoms with Crippen molar-refractivity contribution in [2.75, 3.05) is 6.54 Å². The van der Waals surface area contributed by atoms with Crippen molar-refractivity contribution in [1.29, 1.82) is 0 Å². The van der Waals surface area contributed by atoms with Gasteiger partial charge in [-0.1, -0.05) is 11.2 Å². The molecule has 1 fully saturated rings. The second kappa shape index (κ2) is 4.82. The fourth-order valence-electron chi connectivity index (χ4n) is 2.66. The monoisotopic (exact) mass is 263 g/mol. The number of likely N-dealkylation sites (tertiary alicyclic amines) is 1. The predicted molar refractivity (Wildman–Crippen MR) is 70.5 cm³/mol. The number of nitrogens with zero attached hydrogens (tertiary/aromatic N) is 3. The van der Waals surface area contributed by atoms with Gasteiger partial charge in [-0.2, -0.15) is 4.98 Å². The molecule has 0 saturated carbocycles. The Morgan fingerprint density at radius 3 is 3.11 bits per heavy atom. The SMILES string of the molecule is Cc1noc([C@@H](C)N2CCC[C@H]2c2cccs2)n1. The number of hydrogen-bond acceptors (Lipinski definition) is 5. The normalized spacial score (nSPS) is 22.4. The summed E-state index contributed by atoms with van der Waals surface area (Å²) in [6, 6.07) is 5.05. The summed E-state index contributed by atoms with van der Waals surface area (Å²) in [4.78, 5) is 8.27. The molecule has 2 aromatic rings. The molecule has 2 aromatic heterocycles. The molecule has 5 heteroatoms. The second-order valence-electron chi connectivity index (χ2n) is 4.77. The number of hydrogen-bond donors (Lipinski definition) is 0. The quantitative estimate of drug-likeness (QED) is 0.851. The average Bonchev–Trinajstić information content (AvgIpc) is 3.08. The maximum Gasteiger partial charge on any atom is 0.243 e. The summed E-state index contributed by atoms with van der Waals surface area (Å²) < 4.78 is 5.30. The molecule has 0 bridgehead atoms. The maximum atomic E-state index is 5.30. The van der Waals surface area contributed by atoms with Crippen LogP contribution < -0.4 is 0 Å². The van der Waals surface area contributed by atoms with Crippen LogP contribution in [0.4, 0.5) is 0 Å². The van der Waals surface area contributed by atoms with E-state index in [0.717, 1.165) is 12.4 Å². The van der Waals surface area contributed by atoms with Gasteiger partial charge in [0.25, 0.3) is 0 Å². The summed E-state index contributed by atoms with van der Waals surface area (Å²) in [5.74, 6) is 1.44. The molecule has 0 N–H and O–H groups in total. The molecule has 3 rings (SSSR count). The molecule has 3 heterocycles. The molecule has 0 aromatic carbocycles. The maximum absolute atomic E-state index is 5.30. The van der Waals surface area contributed by atoms with Crippen molar-refractivity contribution in [3.63, 3.8) is 0 Å². The Morgan fingerprint density at radius 2 is 2.44 bits per heavy atom. The van der Waals surface area contributed by atoms with Crippen LogP contribution in [0.1, 0.15) is 48.4 Å². The Morgan fingerprint density at radius 1 is 1.56 bits per heavy atom. The van der Waals surface area contributed by atoms with Crippen LogP contribution in [-0.4, -0.2) is 21.6 Å². The van der Waals surface area contributed by atoms with Crippen molar-refractivity contribution in [3.8, 4) is 0 Å². The molecule has 4 nitrogen and oxygen atoms in total. The average molecular weight is 263 g/mol. The topological polar surface area (TPSA) is 42.2 Å². The van der Waals surface area contributed by atoms with Crippen molar-refractivity contribution in [2.45, 2.75) is 38.8 Å². The van der Waals surface area contributed by atoms with Gasteiger partial charge in [0.1, 0.15) is 0 Å². The number of rotatable bonds is 3. The highest BCUT2D eigenvalue weighted by Gasteiger charge is 2.33. The molecule has 1 aliphatic heterocycles. The highest BCUT2D eigenvalue weighted by Crippen LogP contribution is 2.39. The molecular weight excluding hydrogens is 246 g/mol. The molecular formula is C13H17N3OS. The Hall–Kier alpha value is -1.20. The predicted octanol–water partition coefficient (Wildman–Crippen LogP) is 3.34. The van der Waals surface area contributed by atoms with E-state index in [9.17, 15) is 0 Å². The second-order valence-corrected chi connectivity index (χ2v) is 5.75. The van der Waals surface area contributed by atoms with Gasteiger partial charge in [0.2, 0.25) is 5.89 Å². The fourth-order valence-corrected chi connectivity index (χ4v) is 3.55. The van der Waals surface area contributed by atoms with Crippen molar-refractivity contribution in [3.05, 3.63) is 34.1 Å². The molecule has 0 radical (unpaired) electrons. The zero-order valence-electron chi connectivity index (χ0n) is 10.7. The molecule has 0 spiro atoms. The van der Waals surface area contributed by atoms with Crippen molar-refractivity contribution in [2.24, 2.45) is 0 Å². The largest absolute Gasteiger partial charge is 0.338 e. The minimum absolute atomic E-state index is 0.195. The van der Waals surface area contributed by atoms with Crippen molar-refractivity contribution in [1.82, 2.24) is 15.0 Å². The van der Waals surface area contributed by atoms with Crippen molar-refractivity contribution >= 4 is 11.3 Å². The molecule has 1 aliphatic rings. The molecule has 1 saturated heterocycles. The molecule has 0 unspecified atom stereocenters. The van der Waals surface area contributed by atoms with Crippen LogP contribution in [0.3, 0.4) is 0 Å².